The van der Waals surface area contributed by atoms with Crippen LogP contribution in [-0.4, -0.2) is 162 Å². The van der Waals surface area contributed by atoms with Gasteiger partial charge in [0.05, 0.1) is 100 Å². The van der Waals surface area contributed by atoms with Crippen molar-refractivity contribution in [2.75, 3.05) is 71.2 Å². The zero-order valence-corrected chi connectivity index (χ0v) is 80.8. The summed E-state index contributed by atoms with van der Waals surface area (Å²) in [6, 6.07) is 12.7. The lowest BCUT2D eigenvalue weighted by Crippen LogP contribution is -2.58. The van der Waals surface area contributed by atoms with Crippen LogP contribution in [0, 0.1) is 113 Å². The van der Waals surface area contributed by atoms with Crippen LogP contribution in [0.25, 0.3) is 83.9 Å². The zero-order valence-electron chi connectivity index (χ0n) is 78.5. The number of aromatic nitrogens is 9. The van der Waals surface area contributed by atoms with Gasteiger partial charge in [-0.3, -0.25) is 57.4 Å². The summed E-state index contributed by atoms with van der Waals surface area (Å²) < 4.78 is 152. The molecule has 15 rings (SSSR count). The molecule has 3 amide bonds. The molecule has 0 unspecified atom stereocenters. The van der Waals surface area contributed by atoms with E-state index in [2.05, 4.69) is 49.6 Å². The number of phenolic OH excluding ortho intramolecular Hbond substituents is 2. The molecule has 0 radical (unpaired) electrons. The van der Waals surface area contributed by atoms with Gasteiger partial charge in [-0.05, 0) is 151 Å². The number of carbonyl (C=O) groups excluding carboxylic acids is 3. The molecule has 6 atom stereocenters. The zero-order chi connectivity index (χ0) is 104. The van der Waals surface area contributed by atoms with Crippen LogP contribution in [0.4, 0.5) is 78.0 Å². The van der Waals surface area contributed by atoms with Crippen LogP contribution in [-0.2, 0) is 14.4 Å². The van der Waals surface area contributed by atoms with E-state index in [-0.39, 0.29) is 181 Å². The van der Waals surface area contributed by atoms with Crippen LogP contribution in [0.3, 0.4) is 0 Å². The van der Waals surface area contributed by atoms with Crippen LogP contribution in [0.5, 0.6) is 11.5 Å². The second-order valence-electron chi connectivity index (χ2n) is 35.4. The molecule has 29 nitrogen and oxygen atoms in total. The molecule has 3 fully saturated rings. The van der Waals surface area contributed by atoms with E-state index in [1.54, 1.807) is 101 Å². The second-order valence-corrected chi connectivity index (χ2v) is 36.6. The van der Waals surface area contributed by atoms with E-state index in [4.69, 9.17) is 52.0 Å². The predicted octanol–water partition coefficient (Wildman–Crippen LogP) is 17.6. The van der Waals surface area contributed by atoms with Crippen LogP contribution >= 0.6 is 34.8 Å². The minimum atomic E-state index is -2.03. The van der Waals surface area contributed by atoms with Crippen LogP contribution in [0.15, 0.2) is 107 Å². The van der Waals surface area contributed by atoms with Gasteiger partial charge in [0, 0.05) is 110 Å². The Hall–Kier alpha value is -15.1. The highest BCUT2D eigenvalue weighted by molar-refractivity contribution is 6.35. The fraction of sp³-hybridized carbons (Fsp3) is 0.303. The molecule has 3 aromatic carbocycles. The van der Waals surface area contributed by atoms with Crippen LogP contribution in [0.2, 0.25) is 15.1 Å². The summed E-state index contributed by atoms with van der Waals surface area (Å²) in [4.78, 5) is 118. The summed E-state index contributed by atoms with van der Waals surface area (Å²) in [5.74, 6) is -22.1. The Labute approximate surface area is 815 Å². The van der Waals surface area contributed by atoms with E-state index >= 15 is 17.6 Å². The number of phenols is 2. The van der Waals surface area contributed by atoms with E-state index in [0.29, 0.717) is 45.1 Å². The molecule has 9 aromatic heterocycles. The van der Waals surface area contributed by atoms with Gasteiger partial charge in [-0.15, -0.1) is 0 Å². The van der Waals surface area contributed by atoms with Gasteiger partial charge in [-0.1, -0.05) is 96.1 Å². The number of carbonyl (C=O) groups is 3. The molecule has 0 spiro atoms. The molecule has 8 N–H and O–H groups in total. The highest BCUT2D eigenvalue weighted by Crippen LogP contribution is 2.49. The summed E-state index contributed by atoms with van der Waals surface area (Å²) in [6.45, 7) is 39.1. The number of amides is 3. The lowest BCUT2D eigenvalue weighted by molar-refractivity contribution is -0.131. The van der Waals surface area contributed by atoms with E-state index in [1.165, 1.54) is 36.4 Å². The quantitative estimate of drug-likeness (QED) is 0.0159. The number of aromatic hydroxyl groups is 2. The van der Waals surface area contributed by atoms with Crippen molar-refractivity contribution in [1.29, 1.82) is 15.8 Å². The number of anilines is 6. The third kappa shape index (κ3) is 17.6. The van der Waals surface area contributed by atoms with E-state index < -0.39 is 154 Å². The Kier molecular flexibility index (Phi) is 29.3. The maximum atomic E-state index is 15.5. The fourth-order valence-corrected chi connectivity index (χ4v) is 19.6. The van der Waals surface area contributed by atoms with Gasteiger partial charge in [0.25, 0.3) is 16.7 Å². The van der Waals surface area contributed by atoms with Gasteiger partial charge in [0.2, 0.25) is 29.4 Å². The molecular weight excluding hydrogens is 1910 g/mol. The van der Waals surface area contributed by atoms with Crippen molar-refractivity contribution in [3.8, 4) is 80.5 Å². The summed E-state index contributed by atoms with van der Waals surface area (Å²) in [5, 5.41) is 52.0. The van der Waals surface area contributed by atoms with Gasteiger partial charge in [-0.25, -0.2) is 50.1 Å². The average molecular weight is 2000 g/mol. The summed E-state index contributed by atoms with van der Waals surface area (Å²) >= 11 is 19.9. The van der Waals surface area contributed by atoms with Gasteiger partial charge >= 0.3 is 0 Å². The standard InChI is InChI=1S/C33H30ClF4N7O2.2C33H31ClF3N7O3/c1-7-21(46)44-16(5)12-43(13-17(44)6)31-18-10-20(34)29(22-23(35)25(37)26(38)27(40)24(22)36)42-32(18)45(33(47)19(31)11-39)30-15(4)8-9-41-28(30)14(2)3;2*1-7-21(45)43-16(5)12-42(13-17(43)6)30-18-10-20(34)28(22-23(35)26(39)24(36)25(37)31(22)46)41-32(18)44(33(47)19(30)11-38)29-15(4)8-9-40-27(29)14(2)3/h7-10,14,16-17H,1,12-13,40H2,2-6H3;2*7-10,14,16-17,46H,1,12-13,39H2,2-6H3/t3*16-,17+. The first-order chi connectivity index (χ1) is 66.5. The van der Waals surface area contributed by atoms with Crippen LogP contribution in [0.1, 0.15) is 151 Å². The van der Waals surface area contributed by atoms with E-state index in [9.17, 15) is 81.1 Å². The van der Waals surface area contributed by atoms with Gasteiger partial charge in [0.15, 0.2) is 58.0 Å². The third-order valence-corrected chi connectivity index (χ3v) is 25.9. The summed E-state index contributed by atoms with van der Waals surface area (Å²) in [7, 11) is 0. The Balaban J connectivity index is 0.000000178. The number of halogens is 13. The van der Waals surface area contributed by atoms with E-state index in [1.807, 2.05) is 87.4 Å². The number of aryl methyl sites for hydroxylation is 3. The Morgan fingerprint density at radius 1 is 0.397 bits per heavy atom. The number of hydrogen-bond acceptors (Lipinski definition) is 23. The highest BCUT2D eigenvalue weighted by Gasteiger charge is 2.43. The first kappa shape index (κ1) is 103. The summed E-state index contributed by atoms with van der Waals surface area (Å²) in [6.07, 6.45) is 8.33. The molecular formula is C99H92Cl3F10N21O8. The molecule has 12 heterocycles. The maximum absolute atomic E-state index is 15.5. The molecule has 3 aliphatic heterocycles. The van der Waals surface area contributed by atoms with Gasteiger partial charge in [-0.2, -0.15) is 24.6 Å². The average Bonchev–Trinajstić information content (AvgIpc) is 0.725. The lowest BCUT2D eigenvalue weighted by Gasteiger charge is -2.45. The first-order valence-electron chi connectivity index (χ1n) is 43.9. The maximum Gasteiger partial charge on any atom is 0.276 e. The minimum absolute atomic E-state index is 0.131. The number of benzene rings is 3. The topological polar surface area (TPSA) is 404 Å². The van der Waals surface area contributed by atoms with Crippen molar-refractivity contribution in [3.05, 3.63) is 248 Å². The number of nitrogen functional groups attached to an aromatic ring is 3. The number of fused-ring (bicyclic) bond motifs is 3. The number of rotatable bonds is 15. The van der Waals surface area contributed by atoms with Crippen LogP contribution < -0.4 is 48.6 Å². The molecule has 0 bridgehead atoms. The molecule has 42 heteroatoms. The smallest absolute Gasteiger partial charge is 0.276 e. The molecule has 3 aliphatic rings. The van der Waals surface area contributed by atoms with E-state index in [0.717, 1.165) is 13.7 Å². The van der Waals surface area contributed by atoms with Crippen molar-refractivity contribution in [2.24, 2.45) is 0 Å². The third-order valence-electron chi connectivity index (χ3n) is 25.0. The monoisotopic (exact) mass is 2000 g/mol. The second kappa shape index (κ2) is 40.0. The Morgan fingerprint density at radius 3 is 0.865 bits per heavy atom. The molecule has 3 saturated heterocycles. The molecule has 732 valence electrons. The number of hydrogen-bond donors (Lipinski definition) is 5. The molecule has 0 saturated carbocycles. The number of nitrogens with zero attached hydrogens (tertiary/aromatic N) is 18. The first-order valence-corrected chi connectivity index (χ1v) is 45.1. The van der Waals surface area contributed by atoms with Crippen molar-refractivity contribution >= 4 is 120 Å². The summed E-state index contributed by atoms with van der Waals surface area (Å²) in [5.41, 5.74) is 8.92. The fourth-order valence-electron chi connectivity index (χ4n) is 18.9. The van der Waals surface area contributed by atoms with Crippen molar-refractivity contribution < 1.29 is 68.5 Å². The van der Waals surface area contributed by atoms with Crippen molar-refractivity contribution in [3.63, 3.8) is 0 Å². The normalized spacial score (nSPS) is 16.5. The van der Waals surface area contributed by atoms with Crippen molar-refractivity contribution in [1.82, 2.24) is 58.3 Å². The number of piperazine rings is 3. The lowest BCUT2D eigenvalue weighted by atomic mass is 10.0. The number of nitriles is 3. The predicted molar refractivity (Wildman–Crippen MR) is 518 cm³/mol. The SMILES string of the molecule is C=CC(=O)N1[C@H](C)CN(c2c(C#N)c(=O)n(-c3c(C)ccnc3C(C)C)c3nc(-c4c(F)c(N)c(F)c(F)c4F)c(Cl)cc23)C[C@@H]1C.C=CC(=O)N1[C@H](C)CN(c2c(C#N)c(=O)n(-c3c(C)ccnc3C(C)C)c3nc(-c4c(O)c(F)c(F)c(N)c4F)c(Cl)cc23)C[C@@H]1C.C=CC(=O)N1[C@H](C)CN(c2c(C#N)c(=O)n(-c3c(C)ccnc3C(C)C)c3nc(-c4c(O)c(F)c(F)c(N)c4F)c(Cl)cc23)C[C@@H]1C. The molecule has 12 aromatic rings. The van der Waals surface area contributed by atoms with Crippen molar-refractivity contribution in [2.45, 2.75) is 158 Å². The molecule has 0 aliphatic carbocycles. The Bertz CT molecular complexity index is 6860. The number of pyridine rings is 9. The van der Waals surface area contributed by atoms with Gasteiger partial charge < -0.3 is 56.8 Å². The largest absolute Gasteiger partial charge is 0.504 e. The minimum Gasteiger partial charge on any atom is -0.504 e. The Morgan fingerprint density at radius 2 is 0.631 bits per heavy atom. The molecule has 141 heavy (non-hydrogen) atoms. The highest BCUT2D eigenvalue weighted by atomic mass is 35.5. The van der Waals surface area contributed by atoms with Gasteiger partial charge in [0.1, 0.15) is 68.9 Å². The number of nitrogens with two attached hydrogens (primary N) is 3.